The molecule has 3 nitrogen and oxygen atoms in total. The van der Waals surface area contributed by atoms with Gasteiger partial charge >= 0.3 is 0 Å². The Morgan fingerprint density at radius 2 is 1.76 bits per heavy atom. The monoisotopic (exact) mass is 323 g/mol. The summed E-state index contributed by atoms with van der Waals surface area (Å²) >= 11 is 5.95. The number of halogens is 1. The van der Waals surface area contributed by atoms with Crippen molar-refractivity contribution in [2.75, 3.05) is 6.54 Å². The average molecular weight is 324 g/mol. The first-order chi connectivity index (χ1) is 9.93. The lowest BCUT2D eigenvalue weighted by Gasteiger charge is -2.20. The molecule has 0 spiro atoms. The molecular weight excluding hydrogens is 306 g/mol. The van der Waals surface area contributed by atoms with Crippen LogP contribution in [0.1, 0.15) is 18.1 Å². The molecule has 2 rings (SSSR count). The zero-order chi connectivity index (χ0) is 15.5. The lowest BCUT2D eigenvalue weighted by atomic mass is 10.2. The van der Waals surface area contributed by atoms with E-state index < -0.39 is 10.0 Å². The predicted molar refractivity (Wildman–Crippen MR) is 85.9 cm³/mol. The molecule has 2 aromatic carbocycles. The highest BCUT2D eigenvalue weighted by molar-refractivity contribution is 7.89. The van der Waals surface area contributed by atoms with Gasteiger partial charge in [-0.15, -0.1) is 0 Å². The second kappa shape index (κ2) is 6.60. The van der Waals surface area contributed by atoms with Gasteiger partial charge in [-0.25, -0.2) is 8.42 Å². The van der Waals surface area contributed by atoms with Crippen molar-refractivity contribution in [1.82, 2.24) is 4.31 Å². The Labute approximate surface area is 131 Å². The zero-order valence-corrected chi connectivity index (χ0v) is 13.7. The highest BCUT2D eigenvalue weighted by atomic mass is 35.5. The third-order valence-corrected chi connectivity index (χ3v) is 5.43. The molecule has 0 aliphatic carbocycles. The lowest BCUT2D eigenvalue weighted by Crippen LogP contribution is -2.30. The number of hydrogen-bond acceptors (Lipinski definition) is 2. The first-order valence-electron chi connectivity index (χ1n) is 6.74. The third kappa shape index (κ3) is 3.84. The standard InChI is InChI=1S/C16H18ClNO2S/c1-3-18(12-14-5-4-6-15(17)11-14)21(19,20)16-9-7-13(2)8-10-16/h4-11H,3,12H2,1-2H3. The van der Waals surface area contributed by atoms with Crippen LogP contribution in [0, 0.1) is 6.92 Å². The van der Waals surface area contributed by atoms with Crippen LogP contribution in [0.4, 0.5) is 0 Å². The van der Waals surface area contributed by atoms with Gasteiger partial charge in [-0.2, -0.15) is 4.31 Å². The summed E-state index contributed by atoms with van der Waals surface area (Å²) < 4.78 is 26.8. The molecule has 0 saturated heterocycles. The molecular formula is C16H18ClNO2S. The smallest absolute Gasteiger partial charge is 0.207 e. The van der Waals surface area contributed by atoms with Crippen molar-refractivity contribution in [3.63, 3.8) is 0 Å². The Bertz CT molecular complexity index is 711. The minimum atomic E-state index is -3.49. The molecule has 21 heavy (non-hydrogen) atoms. The maximum Gasteiger partial charge on any atom is 0.243 e. The molecule has 0 heterocycles. The first kappa shape index (κ1) is 16.0. The molecule has 112 valence electrons. The fourth-order valence-electron chi connectivity index (χ4n) is 2.07. The maximum absolute atomic E-state index is 12.7. The van der Waals surface area contributed by atoms with Crippen molar-refractivity contribution in [3.05, 3.63) is 64.7 Å². The van der Waals surface area contributed by atoms with Crippen molar-refractivity contribution >= 4 is 21.6 Å². The van der Waals surface area contributed by atoms with Crippen LogP contribution in [0.15, 0.2) is 53.4 Å². The summed E-state index contributed by atoms with van der Waals surface area (Å²) in [6, 6.07) is 14.2. The molecule has 0 radical (unpaired) electrons. The summed E-state index contributed by atoms with van der Waals surface area (Å²) in [5.41, 5.74) is 1.91. The van der Waals surface area contributed by atoms with Gasteiger partial charge in [0.25, 0.3) is 0 Å². The van der Waals surface area contributed by atoms with E-state index in [1.807, 2.05) is 26.0 Å². The van der Waals surface area contributed by atoms with Gasteiger partial charge in [0.1, 0.15) is 0 Å². The molecule has 0 saturated carbocycles. The Hall–Kier alpha value is -1.36. The minimum absolute atomic E-state index is 0.313. The van der Waals surface area contributed by atoms with Crippen molar-refractivity contribution in [3.8, 4) is 0 Å². The fourth-order valence-corrected chi connectivity index (χ4v) is 3.72. The molecule has 5 heteroatoms. The molecule has 0 unspecified atom stereocenters. The van der Waals surface area contributed by atoms with E-state index in [1.54, 1.807) is 36.4 Å². The summed E-state index contributed by atoms with van der Waals surface area (Å²) in [5, 5.41) is 0.608. The number of sulfonamides is 1. The van der Waals surface area contributed by atoms with Gasteiger partial charge in [0.05, 0.1) is 4.90 Å². The normalized spacial score (nSPS) is 11.8. The summed E-state index contributed by atoms with van der Waals surface area (Å²) in [7, 11) is -3.49. The number of aryl methyl sites for hydroxylation is 1. The van der Waals surface area contributed by atoms with Crippen LogP contribution in [0.25, 0.3) is 0 Å². The topological polar surface area (TPSA) is 37.4 Å². The average Bonchev–Trinajstić information content (AvgIpc) is 2.45. The highest BCUT2D eigenvalue weighted by Gasteiger charge is 2.23. The van der Waals surface area contributed by atoms with Crippen LogP contribution >= 0.6 is 11.6 Å². The SMILES string of the molecule is CCN(Cc1cccc(Cl)c1)S(=O)(=O)c1ccc(C)cc1. The summed E-state index contributed by atoms with van der Waals surface area (Å²) in [6.45, 7) is 4.48. The first-order valence-corrected chi connectivity index (χ1v) is 8.56. The molecule has 0 aliphatic heterocycles. The molecule has 0 bridgehead atoms. The summed E-state index contributed by atoms with van der Waals surface area (Å²) in [5.74, 6) is 0. The van der Waals surface area contributed by atoms with Crippen LogP contribution < -0.4 is 0 Å². The van der Waals surface area contributed by atoms with E-state index in [1.165, 1.54) is 4.31 Å². The van der Waals surface area contributed by atoms with Crippen LogP contribution in [0.5, 0.6) is 0 Å². The van der Waals surface area contributed by atoms with Crippen molar-refractivity contribution in [1.29, 1.82) is 0 Å². The Kier molecular flexibility index (Phi) is 5.04. The third-order valence-electron chi connectivity index (χ3n) is 3.26. The Balaban J connectivity index is 2.29. The molecule has 0 aliphatic rings. The van der Waals surface area contributed by atoms with E-state index in [0.717, 1.165) is 11.1 Å². The Morgan fingerprint density at radius 1 is 1.10 bits per heavy atom. The van der Waals surface area contributed by atoms with Gasteiger partial charge in [-0.3, -0.25) is 0 Å². The Morgan fingerprint density at radius 3 is 2.33 bits per heavy atom. The van der Waals surface area contributed by atoms with Gasteiger partial charge in [-0.1, -0.05) is 48.4 Å². The van der Waals surface area contributed by atoms with Gasteiger partial charge < -0.3 is 0 Å². The van der Waals surface area contributed by atoms with E-state index >= 15 is 0 Å². The molecule has 0 aromatic heterocycles. The van der Waals surface area contributed by atoms with Crippen LogP contribution in [-0.4, -0.2) is 19.3 Å². The number of benzene rings is 2. The lowest BCUT2D eigenvalue weighted by molar-refractivity contribution is 0.423. The molecule has 0 fully saturated rings. The number of hydrogen-bond donors (Lipinski definition) is 0. The molecule has 0 atom stereocenters. The van der Waals surface area contributed by atoms with Gasteiger partial charge in [-0.05, 0) is 36.8 Å². The minimum Gasteiger partial charge on any atom is -0.207 e. The number of rotatable bonds is 5. The largest absolute Gasteiger partial charge is 0.243 e. The van der Waals surface area contributed by atoms with Crippen molar-refractivity contribution in [2.45, 2.75) is 25.3 Å². The van der Waals surface area contributed by atoms with Crippen LogP contribution in [0.2, 0.25) is 5.02 Å². The van der Waals surface area contributed by atoms with Gasteiger partial charge in [0, 0.05) is 18.1 Å². The summed E-state index contributed by atoms with van der Waals surface area (Å²) in [6.07, 6.45) is 0. The van der Waals surface area contributed by atoms with E-state index in [0.29, 0.717) is 23.0 Å². The van der Waals surface area contributed by atoms with E-state index in [2.05, 4.69) is 0 Å². The fraction of sp³-hybridized carbons (Fsp3) is 0.250. The van der Waals surface area contributed by atoms with Crippen molar-refractivity contribution in [2.24, 2.45) is 0 Å². The van der Waals surface area contributed by atoms with Crippen LogP contribution in [-0.2, 0) is 16.6 Å². The number of nitrogens with zero attached hydrogens (tertiary/aromatic N) is 1. The van der Waals surface area contributed by atoms with Crippen molar-refractivity contribution < 1.29 is 8.42 Å². The quantitative estimate of drug-likeness (QED) is 0.838. The summed E-state index contributed by atoms with van der Waals surface area (Å²) in [4.78, 5) is 0.317. The second-order valence-corrected chi connectivity index (χ2v) is 7.25. The molecule has 0 N–H and O–H groups in total. The highest BCUT2D eigenvalue weighted by Crippen LogP contribution is 2.20. The van der Waals surface area contributed by atoms with Crippen LogP contribution in [0.3, 0.4) is 0 Å². The maximum atomic E-state index is 12.7. The van der Waals surface area contributed by atoms with E-state index in [-0.39, 0.29) is 0 Å². The van der Waals surface area contributed by atoms with E-state index in [4.69, 9.17) is 11.6 Å². The van der Waals surface area contributed by atoms with Gasteiger partial charge in [0.2, 0.25) is 10.0 Å². The van der Waals surface area contributed by atoms with Gasteiger partial charge in [0.15, 0.2) is 0 Å². The molecule has 2 aromatic rings. The second-order valence-electron chi connectivity index (χ2n) is 4.87. The predicted octanol–water partition coefficient (Wildman–Crippen LogP) is 3.86. The molecule has 0 amide bonds. The van der Waals surface area contributed by atoms with E-state index in [9.17, 15) is 8.42 Å². The zero-order valence-electron chi connectivity index (χ0n) is 12.1.